The lowest BCUT2D eigenvalue weighted by molar-refractivity contribution is 0.356. The molecule has 0 saturated carbocycles. The number of nitrogens with two attached hydrogens (primary N) is 1. The highest BCUT2D eigenvalue weighted by Gasteiger charge is 2.16. The number of aromatic nitrogens is 2. The van der Waals surface area contributed by atoms with E-state index in [1.54, 1.807) is 31.6 Å². The van der Waals surface area contributed by atoms with E-state index < -0.39 is 0 Å². The van der Waals surface area contributed by atoms with Crippen molar-refractivity contribution in [3.63, 3.8) is 0 Å². The molecule has 4 rings (SSSR count). The molecular formula is C24H25FN4O2S. The second-order valence-electron chi connectivity index (χ2n) is 7.46. The molecule has 0 saturated heterocycles. The van der Waals surface area contributed by atoms with Gasteiger partial charge in [-0.1, -0.05) is 6.07 Å². The monoisotopic (exact) mass is 452 g/mol. The first-order chi connectivity index (χ1) is 15.4. The third-order valence-electron chi connectivity index (χ3n) is 5.34. The maximum absolute atomic E-state index is 13.6. The molecule has 1 unspecified atom stereocenters. The van der Waals surface area contributed by atoms with Crippen molar-refractivity contribution in [1.82, 2.24) is 9.97 Å². The van der Waals surface area contributed by atoms with Crippen molar-refractivity contribution in [2.45, 2.75) is 26.4 Å². The second kappa shape index (κ2) is 9.10. The van der Waals surface area contributed by atoms with Gasteiger partial charge in [-0.05, 0) is 60.2 Å². The summed E-state index contributed by atoms with van der Waals surface area (Å²) in [4.78, 5) is 10.2. The van der Waals surface area contributed by atoms with Crippen LogP contribution in [-0.2, 0) is 6.54 Å². The number of fused-ring (bicyclic) bond motifs is 1. The number of ether oxygens (including phenoxy) is 2. The molecule has 0 aliphatic carbocycles. The topological polar surface area (TPSA) is 82.3 Å². The van der Waals surface area contributed by atoms with Gasteiger partial charge in [-0.2, -0.15) is 0 Å². The predicted octanol–water partition coefficient (Wildman–Crippen LogP) is 5.45. The van der Waals surface area contributed by atoms with Crippen molar-refractivity contribution >= 4 is 28.1 Å². The number of benzene rings is 2. The zero-order valence-corrected chi connectivity index (χ0v) is 19.2. The highest BCUT2D eigenvalue weighted by atomic mass is 32.1. The summed E-state index contributed by atoms with van der Waals surface area (Å²) in [5.74, 6) is 2.34. The van der Waals surface area contributed by atoms with Crippen LogP contribution in [0.15, 0.2) is 41.8 Å². The van der Waals surface area contributed by atoms with E-state index in [9.17, 15) is 4.39 Å². The SMILES string of the molecule is COc1cc2nc(C)nc(NC(C)c3csc(-c4ccc(F)cc4CN)c3)c2cc1OC. The molecule has 0 amide bonds. The highest BCUT2D eigenvalue weighted by Crippen LogP contribution is 2.37. The van der Waals surface area contributed by atoms with E-state index in [1.165, 1.54) is 12.1 Å². The standard InChI is InChI=1S/C24H25FN4O2S/c1-13(16-8-23(32-12-16)18-6-5-17(25)7-15(18)11-26)27-24-19-9-21(30-3)22(31-4)10-20(19)28-14(2)29-24/h5-10,12-13H,11,26H2,1-4H3,(H,27,28,29). The largest absolute Gasteiger partial charge is 0.493 e. The third kappa shape index (κ3) is 4.24. The molecule has 0 fully saturated rings. The fourth-order valence-corrected chi connectivity index (χ4v) is 4.73. The minimum atomic E-state index is -0.279. The first-order valence-electron chi connectivity index (χ1n) is 10.2. The van der Waals surface area contributed by atoms with Crippen molar-refractivity contribution in [3.8, 4) is 21.9 Å². The molecule has 6 nitrogen and oxygen atoms in total. The van der Waals surface area contributed by atoms with E-state index in [2.05, 4.69) is 33.7 Å². The molecule has 166 valence electrons. The summed E-state index contributed by atoms with van der Waals surface area (Å²) in [7, 11) is 3.21. The number of halogens is 1. The van der Waals surface area contributed by atoms with Crippen molar-refractivity contribution in [3.05, 3.63) is 64.5 Å². The van der Waals surface area contributed by atoms with Crippen LogP contribution < -0.4 is 20.5 Å². The maximum Gasteiger partial charge on any atom is 0.162 e. The van der Waals surface area contributed by atoms with Gasteiger partial charge in [0.05, 0.1) is 25.8 Å². The molecule has 32 heavy (non-hydrogen) atoms. The number of anilines is 1. The number of thiophene rings is 1. The second-order valence-corrected chi connectivity index (χ2v) is 8.37. The molecule has 0 bridgehead atoms. The summed E-state index contributed by atoms with van der Waals surface area (Å²) in [6, 6.07) is 10.6. The Morgan fingerprint density at radius 3 is 2.56 bits per heavy atom. The normalized spacial score (nSPS) is 12.1. The van der Waals surface area contributed by atoms with Crippen LogP contribution in [-0.4, -0.2) is 24.2 Å². The summed E-state index contributed by atoms with van der Waals surface area (Å²) in [5, 5.41) is 6.45. The van der Waals surface area contributed by atoms with E-state index in [-0.39, 0.29) is 18.4 Å². The molecule has 0 spiro atoms. The average Bonchev–Trinajstić information content (AvgIpc) is 3.28. The minimum absolute atomic E-state index is 0.0210. The predicted molar refractivity (Wildman–Crippen MR) is 127 cm³/mol. The van der Waals surface area contributed by atoms with Crippen LogP contribution in [0, 0.1) is 12.7 Å². The molecule has 0 aliphatic rings. The van der Waals surface area contributed by atoms with Gasteiger partial charge < -0.3 is 20.5 Å². The Morgan fingerprint density at radius 2 is 1.84 bits per heavy atom. The minimum Gasteiger partial charge on any atom is -0.493 e. The number of rotatable bonds is 7. The van der Waals surface area contributed by atoms with Crippen molar-refractivity contribution in [1.29, 1.82) is 0 Å². The van der Waals surface area contributed by atoms with E-state index in [1.807, 2.05) is 19.1 Å². The van der Waals surface area contributed by atoms with Gasteiger partial charge in [0.2, 0.25) is 0 Å². The van der Waals surface area contributed by atoms with Gasteiger partial charge >= 0.3 is 0 Å². The van der Waals surface area contributed by atoms with E-state index in [0.717, 1.165) is 38.3 Å². The first kappa shape index (κ1) is 22.0. The molecule has 2 aromatic heterocycles. The van der Waals surface area contributed by atoms with Crippen molar-refractivity contribution < 1.29 is 13.9 Å². The maximum atomic E-state index is 13.6. The molecule has 2 aromatic carbocycles. The highest BCUT2D eigenvalue weighted by molar-refractivity contribution is 7.13. The number of aryl methyl sites for hydroxylation is 1. The van der Waals surface area contributed by atoms with Gasteiger partial charge in [0.15, 0.2) is 11.5 Å². The number of hydrogen-bond donors (Lipinski definition) is 2. The van der Waals surface area contributed by atoms with Crippen LogP contribution in [0.5, 0.6) is 11.5 Å². The Hall–Kier alpha value is -3.23. The summed E-state index contributed by atoms with van der Waals surface area (Å²) < 4.78 is 24.5. The van der Waals surface area contributed by atoms with Crippen molar-refractivity contribution in [2.24, 2.45) is 5.73 Å². The lowest BCUT2D eigenvalue weighted by atomic mass is 10.0. The molecular weight excluding hydrogens is 427 g/mol. The Bertz CT molecular complexity index is 1270. The third-order valence-corrected chi connectivity index (χ3v) is 6.32. The van der Waals surface area contributed by atoms with Gasteiger partial charge in [0.1, 0.15) is 17.5 Å². The van der Waals surface area contributed by atoms with Crippen LogP contribution in [0.2, 0.25) is 0 Å². The molecule has 2 heterocycles. The molecule has 1 atom stereocenters. The van der Waals surface area contributed by atoms with Gasteiger partial charge in [-0.15, -0.1) is 11.3 Å². The first-order valence-corrected chi connectivity index (χ1v) is 11.1. The Balaban J connectivity index is 1.67. The number of nitrogens with one attached hydrogen (secondary N) is 1. The Morgan fingerprint density at radius 1 is 1.09 bits per heavy atom. The molecule has 4 aromatic rings. The molecule has 3 N–H and O–H groups in total. The molecule has 8 heteroatoms. The van der Waals surface area contributed by atoms with Gasteiger partial charge in [0, 0.05) is 22.9 Å². The zero-order valence-electron chi connectivity index (χ0n) is 18.4. The quantitative estimate of drug-likeness (QED) is 0.388. The van der Waals surface area contributed by atoms with E-state index >= 15 is 0 Å². The lowest BCUT2D eigenvalue weighted by Gasteiger charge is -2.17. The molecule has 0 aliphatic heterocycles. The number of hydrogen-bond acceptors (Lipinski definition) is 7. The van der Waals surface area contributed by atoms with Crippen LogP contribution >= 0.6 is 11.3 Å². The van der Waals surface area contributed by atoms with Gasteiger partial charge in [-0.25, -0.2) is 14.4 Å². The van der Waals surface area contributed by atoms with Crippen LogP contribution in [0.25, 0.3) is 21.3 Å². The van der Waals surface area contributed by atoms with E-state index in [4.69, 9.17) is 15.2 Å². The Labute approximate surface area is 190 Å². The fourth-order valence-electron chi connectivity index (χ4n) is 3.66. The van der Waals surface area contributed by atoms with Crippen LogP contribution in [0.4, 0.5) is 10.2 Å². The van der Waals surface area contributed by atoms with Gasteiger partial charge in [-0.3, -0.25) is 0 Å². The number of nitrogens with zero attached hydrogens (tertiary/aromatic N) is 2. The van der Waals surface area contributed by atoms with E-state index in [0.29, 0.717) is 17.3 Å². The summed E-state index contributed by atoms with van der Waals surface area (Å²) in [5.41, 5.74) is 9.45. The summed E-state index contributed by atoms with van der Waals surface area (Å²) >= 11 is 1.61. The Kier molecular flexibility index (Phi) is 6.25. The van der Waals surface area contributed by atoms with Crippen LogP contribution in [0.3, 0.4) is 0 Å². The average molecular weight is 453 g/mol. The summed E-state index contributed by atoms with van der Waals surface area (Å²) in [6.45, 7) is 4.22. The van der Waals surface area contributed by atoms with Crippen LogP contribution in [0.1, 0.15) is 29.9 Å². The summed E-state index contributed by atoms with van der Waals surface area (Å²) in [6.07, 6.45) is 0. The number of methoxy groups -OCH3 is 2. The molecule has 0 radical (unpaired) electrons. The van der Waals surface area contributed by atoms with Crippen molar-refractivity contribution in [2.75, 3.05) is 19.5 Å². The van der Waals surface area contributed by atoms with Gasteiger partial charge in [0.25, 0.3) is 0 Å². The smallest absolute Gasteiger partial charge is 0.162 e. The fraction of sp³-hybridized carbons (Fsp3) is 0.250. The zero-order chi connectivity index (χ0) is 22.8. The lowest BCUT2D eigenvalue weighted by Crippen LogP contribution is -2.09.